The van der Waals surface area contributed by atoms with Crippen LogP contribution in [0.3, 0.4) is 0 Å². The van der Waals surface area contributed by atoms with Crippen molar-refractivity contribution in [1.82, 2.24) is 20.1 Å². The number of anilines is 1. The molecule has 7 nitrogen and oxygen atoms in total. The largest absolute Gasteiger partial charge is 0.496 e. The zero-order chi connectivity index (χ0) is 18.8. The minimum atomic E-state index is 0.192. The third-order valence-electron chi connectivity index (χ3n) is 4.71. The summed E-state index contributed by atoms with van der Waals surface area (Å²) in [5.74, 6) is 0.891. The highest BCUT2D eigenvalue weighted by atomic mass is 16.5. The minimum Gasteiger partial charge on any atom is -0.496 e. The van der Waals surface area contributed by atoms with Crippen molar-refractivity contribution < 1.29 is 4.74 Å². The molecular weight excluding hydrogens is 340 g/mol. The average molecular weight is 360 g/mol. The second-order valence-corrected chi connectivity index (χ2v) is 6.40. The van der Waals surface area contributed by atoms with E-state index in [0.29, 0.717) is 22.6 Å². The fourth-order valence-electron chi connectivity index (χ4n) is 3.37. The van der Waals surface area contributed by atoms with Crippen LogP contribution in [0.15, 0.2) is 36.4 Å². The van der Waals surface area contributed by atoms with Crippen LogP contribution in [-0.2, 0) is 13.1 Å². The molecule has 0 fully saturated rings. The van der Waals surface area contributed by atoms with Crippen molar-refractivity contribution in [1.29, 1.82) is 5.26 Å². The molecule has 3 aromatic rings. The molecule has 136 valence electrons. The Hall–Kier alpha value is -3.37. The molecule has 2 aromatic heterocycles. The van der Waals surface area contributed by atoms with Crippen molar-refractivity contribution >= 4 is 5.82 Å². The number of ether oxygens (including phenoxy) is 1. The average Bonchev–Trinajstić information content (AvgIpc) is 2.97. The van der Waals surface area contributed by atoms with Gasteiger partial charge in [-0.2, -0.15) is 10.4 Å². The van der Waals surface area contributed by atoms with Crippen molar-refractivity contribution in [3.8, 4) is 34.3 Å². The summed E-state index contributed by atoms with van der Waals surface area (Å²) in [5, 5.41) is 17.7. The fraction of sp³-hybridized carbons (Fsp3) is 0.250. The number of fused-ring (bicyclic) bond motifs is 1. The number of nitrogen functional groups attached to an aromatic ring is 1. The highest BCUT2D eigenvalue weighted by molar-refractivity contribution is 5.80. The van der Waals surface area contributed by atoms with Gasteiger partial charge in [0.2, 0.25) is 0 Å². The number of hydrogen-bond acceptors (Lipinski definition) is 6. The number of methoxy groups -OCH3 is 1. The van der Waals surface area contributed by atoms with E-state index in [2.05, 4.69) is 16.4 Å². The summed E-state index contributed by atoms with van der Waals surface area (Å²) < 4.78 is 7.44. The summed E-state index contributed by atoms with van der Waals surface area (Å²) in [6, 6.07) is 13.7. The number of hydrogen-bond donors (Lipinski definition) is 2. The fourth-order valence-corrected chi connectivity index (χ4v) is 3.37. The molecule has 4 rings (SSSR count). The lowest BCUT2D eigenvalue weighted by Crippen LogP contribution is -2.11. The van der Waals surface area contributed by atoms with E-state index >= 15 is 0 Å². The molecule has 1 aliphatic heterocycles. The van der Waals surface area contributed by atoms with Crippen molar-refractivity contribution in [2.75, 3.05) is 19.4 Å². The quantitative estimate of drug-likeness (QED) is 0.744. The molecule has 3 heterocycles. The maximum absolute atomic E-state index is 9.63. The molecule has 0 unspecified atom stereocenters. The SMILES string of the molecule is COc1ccccc1-c1cc(-c2cc3n(n2)CCCNC3)c(C#N)c(N)n1. The Labute approximate surface area is 157 Å². The van der Waals surface area contributed by atoms with Gasteiger partial charge in [0.25, 0.3) is 0 Å². The number of nitrogens with zero attached hydrogens (tertiary/aromatic N) is 4. The van der Waals surface area contributed by atoms with E-state index in [1.54, 1.807) is 7.11 Å². The van der Waals surface area contributed by atoms with Gasteiger partial charge in [-0.3, -0.25) is 4.68 Å². The van der Waals surface area contributed by atoms with Gasteiger partial charge >= 0.3 is 0 Å². The van der Waals surface area contributed by atoms with E-state index < -0.39 is 0 Å². The zero-order valence-corrected chi connectivity index (χ0v) is 15.1. The van der Waals surface area contributed by atoms with Gasteiger partial charge in [-0.1, -0.05) is 12.1 Å². The molecule has 0 radical (unpaired) electrons. The Bertz CT molecular complexity index is 1010. The Morgan fingerprint density at radius 3 is 2.89 bits per heavy atom. The van der Waals surface area contributed by atoms with Crippen LogP contribution in [0.25, 0.3) is 22.5 Å². The first-order valence-electron chi connectivity index (χ1n) is 8.83. The number of rotatable bonds is 3. The van der Waals surface area contributed by atoms with E-state index in [4.69, 9.17) is 15.6 Å². The first-order chi connectivity index (χ1) is 13.2. The van der Waals surface area contributed by atoms with Crippen molar-refractivity contribution in [3.63, 3.8) is 0 Å². The number of nitrogens with two attached hydrogens (primary N) is 1. The van der Waals surface area contributed by atoms with Gasteiger partial charge in [0.15, 0.2) is 0 Å². The number of pyridine rings is 1. The lowest BCUT2D eigenvalue weighted by atomic mass is 10.0. The summed E-state index contributed by atoms with van der Waals surface area (Å²) in [4.78, 5) is 4.43. The molecule has 0 aliphatic carbocycles. The van der Waals surface area contributed by atoms with Gasteiger partial charge in [0.05, 0.1) is 24.2 Å². The van der Waals surface area contributed by atoms with Crippen molar-refractivity contribution in [2.45, 2.75) is 19.5 Å². The molecule has 7 heteroatoms. The molecule has 0 atom stereocenters. The maximum Gasteiger partial charge on any atom is 0.142 e. The first-order valence-corrected chi connectivity index (χ1v) is 8.83. The van der Waals surface area contributed by atoms with Gasteiger partial charge in [-0.05, 0) is 37.2 Å². The highest BCUT2D eigenvalue weighted by Crippen LogP contribution is 2.34. The molecule has 3 N–H and O–H groups in total. The van der Waals surface area contributed by atoms with Gasteiger partial charge in [-0.25, -0.2) is 4.98 Å². The maximum atomic E-state index is 9.63. The highest BCUT2D eigenvalue weighted by Gasteiger charge is 2.19. The van der Waals surface area contributed by atoms with Crippen LogP contribution in [0.5, 0.6) is 5.75 Å². The molecule has 27 heavy (non-hydrogen) atoms. The monoisotopic (exact) mass is 360 g/mol. The van der Waals surface area contributed by atoms with Crippen LogP contribution >= 0.6 is 0 Å². The van der Waals surface area contributed by atoms with E-state index in [1.807, 2.05) is 41.1 Å². The number of para-hydroxylation sites is 1. The summed E-state index contributed by atoms with van der Waals surface area (Å²) in [5.41, 5.74) is 10.5. The van der Waals surface area contributed by atoms with Crippen LogP contribution in [0.2, 0.25) is 0 Å². The normalized spacial score (nSPS) is 13.5. The van der Waals surface area contributed by atoms with E-state index in [1.165, 1.54) is 0 Å². The molecule has 0 saturated carbocycles. The summed E-state index contributed by atoms with van der Waals surface area (Å²) in [6.45, 7) is 2.58. The Kier molecular flexibility index (Phi) is 4.48. The number of nitriles is 1. The predicted molar refractivity (Wildman–Crippen MR) is 103 cm³/mol. The number of aromatic nitrogens is 3. The molecule has 0 bridgehead atoms. The van der Waals surface area contributed by atoms with Crippen LogP contribution in [-0.4, -0.2) is 28.4 Å². The first kappa shape index (κ1) is 17.1. The second kappa shape index (κ2) is 7.09. The third-order valence-corrected chi connectivity index (χ3v) is 4.71. The van der Waals surface area contributed by atoms with Crippen molar-refractivity contribution in [3.05, 3.63) is 47.7 Å². The standard InChI is InChI=1S/C20H20N6O/c1-27-19-6-3-2-5-14(19)17-10-15(16(11-21)20(22)24-17)18-9-13-12-23-7-4-8-26(13)25-18/h2-3,5-6,9-10,23H,4,7-8,12H2,1H3,(H2,22,24). The number of benzene rings is 1. The van der Waals surface area contributed by atoms with Gasteiger partial charge in [-0.15, -0.1) is 0 Å². The van der Waals surface area contributed by atoms with Crippen LogP contribution in [0.1, 0.15) is 17.7 Å². The summed E-state index contributed by atoms with van der Waals surface area (Å²) in [6.07, 6.45) is 1.02. The molecular formula is C20H20N6O. The van der Waals surface area contributed by atoms with Gasteiger partial charge in [0, 0.05) is 24.2 Å². The third kappa shape index (κ3) is 3.11. The summed E-state index contributed by atoms with van der Waals surface area (Å²) >= 11 is 0. The zero-order valence-electron chi connectivity index (χ0n) is 15.1. The molecule has 1 aromatic carbocycles. The van der Waals surface area contributed by atoms with E-state index in [0.717, 1.165) is 43.0 Å². The molecule has 1 aliphatic rings. The van der Waals surface area contributed by atoms with Gasteiger partial charge < -0.3 is 15.8 Å². The second-order valence-electron chi connectivity index (χ2n) is 6.40. The lowest BCUT2D eigenvalue weighted by molar-refractivity contribution is 0.416. The summed E-state index contributed by atoms with van der Waals surface area (Å²) in [7, 11) is 1.62. The molecule has 0 spiro atoms. The molecule has 0 saturated heterocycles. The van der Waals surface area contributed by atoms with Gasteiger partial charge in [0.1, 0.15) is 23.2 Å². The minimum absolute atomic E-state index is 0.192. The Morgan fingerprint density at radius 2 is 2.07 bits per heavy atom. The van der Waals surface area contributed by atoms with Crippen LogP contribution in [0, 0.1) is 11.3 Å². The van der Waals surface area contributed by atoms with Crippen LogP contribution < -0.4 is 15.8 Å². The van der Waals surface area contributed by atoms with E-state index in [9.17, 15) is 5.26 Å². The Morgan fingerprint density at radius 1 is 1.22 bits per heavy atom. The van der Waals surface area contributed by atoms with Crippen LogP contribution in [0.4, 0.5) is 5.82 Å². The topological polar surface area (TPSA) is 102 Å². The Balaban J connectivity index is 1.88. The van der Waals surface area contributed by atoms with E-state index in [-0.39, 0.29) is 5.82 Å². The predicted octanol–water partition coefficient (Wildman–Crippen LogP) is 2.57. The lowest BCUT2D eigenvalue weighted by Gasteiger charge is -2.11. The van der Waals surface area contributed by atoms with Crippen molar-refractivity contribution in [2.24, 2.45) is 0 Å². The number of nitrogens with one attached hydrogen (secondary N) is 1. The molecule has 0 amide bonds. The number of aryl methyl sites for hydroxylation is 1. The smallest absolute Gasteiger partial charge is 0.142 e.